The molecule has 0 aliphatic rings. The second kappa shape index (κ2) is 9.70. The minimum absolute atomic E-state index is 0.167. The highest BCUT2D eigenvalue weighted by Crippen LogP contribution is 2.28. The Morgan fingerprint density at radius 1 is 1.00 bits per heavy atom. The molecule has 2 rings (SSSR count). The molecule has 2 aromatic rings. The summed E-state index contributed by atoms with van der Waals surface area (Å²) in [7, 11) is 0. The molecule has 140 valence electrons. The summed E-state index contributed by atoms with van der Waals surface area (Å²) >= 11 is 0. The quantitative estimate of drug-likeness (QED) is 0.740. The highest BCUT2D eigenvalue weighted by Gasteiger charge is 2.15. The molecule has 1 atom stereocenters. The summed E-state index contributed by atoms with van der Waals surface area (Å²) in [5.74, 6) is 1.95. The summed E-state index contributed by atoms with van der Waals surface area (Å²) < 4.78 is 16.9. The van der Waals surface area contributed by atoms with Gasteiger partial charge < -0.3 is 19.5 Å². The molecule has 0 aliphatic carbocycles. The first-order valence-corrected chi connectivity index (χ1v) is 8.93. The SMILES string of the molecule is CCOc1ccc(CNC(=O)[C@@H](C)Oc2ccccc2C)cc1OCC. The zero-order valence-electron chi connectivity index (χ0n) is 15.9. The summed E-state index contributed by atoms with van der Waals surface area (Å²) in [6, 6.07) is 13.3. The van der Waals surface area contributed by atoms with E-state index in [0.29, 0.717) is 31.3 Å². The first kappa shape index (κ1) is 19.6. The van der Waals surface area contributed by atoms with Crippen LogP contribution in [0.4, 0.5) is 0 Å². The summed E-state index contributed by atoms with van der Waals surface area (Å²) in [6.45, 7) is 9.07. The molecule has 1 N–H and O–H groups in total. The van der Waals surface area contributed by atoms with Crippen LogP contribution in [-0.4, -0.2) is 25.2 Å². The molecular weight excluding hydrogens is 330 g/mol. The average Bonchev–Trinajstić information content (AvgIpc) is 2.63. The Hall–Kier alpha value is -2.69. The lowest BCUT2D eigenvalue weighted by Crippen LogP contribution is -2.36. The molecule has 0 heterocycles. The Bertz CT molecular complexity index is 730. The van der Waals surface area contributed by atoms with E-state index in [1.807, 2.05) is 63.2 Å². The van der Waals surface area contributed by atoms with Crippen molar-refractivity contribution in [2.24, 2.45) is 0 Å². The average molecular weight is 357 g/mol. The molecule has 0 fully saturated rings. The highest BCUT2D eigenvalue weighted by molar-refractivity contribution is 5.80. The third kappa shape index (κ3) is 5.41. The number of hydrogen-bond donors (Lipinski definition) is 1. The molecule has 0 saturated heterocycles. The van der Waals surface area contributed by atoms with Crippen molar-refractivity contribution in [1.82, 2.24) is 5.32 Å². The maximum atomic E-state index is 12.3. The Morgan fingerprint density at radius 3 is 2.38 bits per heavy atom. The van der Waals surface area contributed by atoms with Crippen LogP contribution in [-0.2, 0) is 11.3 Å². The molecular formula is C21H27NO4. The van der Waals surface area contributed by atoms with E-state index in [2.05, 4.69) is 5.32 Å². The van der Waals surface area contributed by atoms with Crippen LogP contribution in [0.5, 0.6) is 17.2 Å². The lowest BCUT2D eigenvalue weighted by Gasteiger charge is -2.17. The molecule has 0 aliphatic heterocycles. The number of ether oxygens (including phenoxy) is 3. The molecule has 0 saturated carbocycles. The second-order valence-electron chi connectivity index (χ2n) is 5.89. The zero-order valence-corrected chi connectivity index (χ0v) is 15.9. The normalized spacial score (nSPS) is 11.5. The maximum absolute atomic E-state index is 12.3. The molecule has 26 heavy (non-hydrogen) atoms. The Labute approximate surface area is 155 Å². The van der Waals surface area contributed by atoms with E-state index in [1.54, 1.807) is 6.92 Å². The number of rotatable bonds is 9. The van der Waals surface area contributed by atoms with Gasteiger partial charge in [-0.2, -0.15) is 0 Å². The summed E-state index contributed by atoms with van der Waals surface area (Å²) in [5.41, 5.74) is 1.94. The lowest BCUT2D eigenvalue weighted by molar-refractivity contribution is -0.127. The van der Waals surface area contributed by atoms with Crippen molar-refractivity contribution in [2.75, 3.05) is 13.2 Å². The van der Waals surface area contributed by atoms with E-state index < -0.39 is 6.10 Å². The van der Waals surface area contributed by atoms with Gasteiger partial charge in [0.05, 0.1) is 13.2 Å². The van der Waals surface area contributed by atoms with Crippen LogP contribution in [0, 0.1) is 6.92 Å². The number of benzene rings is 2. The van der Waals surface area contributed by atoms with Crippen molar-refractivity contribution >= 4 is 5.91 Å². The van der Waals surface area contributed by atoms with Crippen molar-refractivity contribution in [1.29, 1.82) is 0 Å². The fourth-order valence-electron chi connectivity index (χ4n) is 2.47. The van der Waals surface area contributed by atoms with E-state index in [-0.39, 0.29) is 5.91 Å². The van der Waals surface area contributed by atoms with Gasteiger partial charge in [-0.15, -0.1) is 0 Å². The van der Waals surface area contributed by atoms with Gasteiger partial charge in [-0.05, 0) is 57.0 Å². The first-order valence-electron chi connectivity index (χ1n) is 8.93. The van der Waals surface area contributed by atoms with E-state index >= 15 is 0 Å². The maximum Gasteiger partial charge on any atom is 0.261 e. The summed E-state index contributed by atoms with van der Waals surface area (Å²) in [6.07, 6.45) is -0.579. The van der Waals surface area contributed by atoms with Crippen LogP contribution < -0.4 is 19.5 Å². The van der Waals surface area contributed by atoms with Gasteiger partial charge in [0, 0.05) is 6.54 Å². The molecule has 0 radical (unpaired) electrons. The number of nitrogens with one attached hydrogen (secondary N) is 1. The van der Waals surface area contributed by atoms with Crippen LogP contribution in [0.3, 0.4) is 0 Å². The Morgan fingerprint density at radius 2 is 1.69 bits per heavy atom. The van der Waals surface area contributed by atoms with Crippen molar-refractivity contribution in [3.8, 4) is 17.2 Å². The molecule has 2 aromatic carbocycles. The summed E-state index contributed by atoms with van der Waals surface area (Å²) in [5, 5.41) is 2.90. The molecule has 5 nitrogen and oxygen atoms in total. The van der Waals surface area contributed by atoms with Crippen molar-refractivity contribution in [2.45, 2.75) is 40.3 Å². The number of hydrogen-bond acceptors (Lipinski definition) is 4. The van der Waals surface area contributed by atoms with Crippen LogP contribution in [0.1, 0.15) is 31.9 Å². The Balaban J connectivity index is 1.95. The topological polar surface area (TPSA) is 56.8 Å². The van der Waals surface area contributed by atoms with Crippen molar-refractivity contribution in [3.63, 3.8) is 0 Å². The van der Waals surface area contributed by atoms with Gasteiger partial charge in [0.15, 0.2) is 17.6 Å². The third-order valence-corrected chi connectivity index (χ3v) is 3.84. The lowest BCUT2D eigenvalue weighted by atomic mass is 10.2. The monoisotopic (exact) mass is 357 g/mol. The van der Waals surface area contributed by atoms with Gasteiger partial charge in [0.25, 0.3) is 5.91 Å². The largest absolute Gasteiger partial charge is 0.490 e. The van der Waals surface area contributed by atoms with Gasteiger partial charge in [0.2, 0.25) is 0 Å². The number of carbonyl (C=O) groups is 1. The standard InChI is InChI=1S/C21H27NO4/c1-5-24-19-12-11-17(13-20(19)25-6-2)14-22-21(23)16(4)26-18-10-8-7-9-15(18)3/h7-13,16H,5-6,14H2,1-4H3,(H,22,23)/t16-/m1/s1. The minimum atomic E-state index is -0.579. The van der Waals surface area contributed by atoms with Crippen LogP contribution in [0.15, 0.2) is 42.5 Å². The fraction of sp³-hybridized carbons (Fsp3) is 0.381. The smallest absolute Gasteiger partial charge is 0.261 e. The fourth-order valence-corrected chi connectivity index (χ4v) is 2.47. The van der Waals surface area contributed by atoms with Gasteiger partial charge >= 0.3 is 0 Å². The van der Waals surface area contributed by atoms with Crippen molar-refractivity contribution in [3.05, 3.63) is 53.6 Å². The summed E-state index contributed by atoms with van der Waals surface area (Å²) in [4.78, 5) is 12.3. The van der Waals surface area contributed by atoms with Gasteiger partial charge in [0.1, 0.15) is 5.75 Å². The molecule has 0 aromatic heterocycles. The van der Waals surface area contributed by atoms with E-state index in [9.17, 15) is 4.79 Å². The van der Waals surface area contributed by atoms with Gasteiger partial charge in [-0.3, -0.25) is 4.79 Å². The van der Waals surface area contributed by atoms with Crippen LogP contribution >= 0.6 is 0 Å². The molecule has 0 unspecified atom stereocenters. The molecule has 0 spiro atoms. The highest BCUT2D eigenvalue weighted by atomic mass is 16.5. The predicted octanol–water partition coefficient (Wildman–Crippen LogP) is 3.88. The predicted molar refractivity (Wildman–Crippen MR) is 102 cm³/mol. The van der Waals surface area contributed by atoms with E-state index in [0.717, 1.165) is 16.9 Å². The van der Waals surface area contributed by atoms with Crippen LogP contribution in [0.2, 0.25) is 0 Å². The minimum Gasteiger partial charge on any atom is -0.490 e. The van der Waals surface area contributed by atoms with Gasteiger partial charge in [-0.25, -0.2) is 0 Å². The van der Waals surface area contributed by atoms with Crippen molar-refractivity contribution < 1.29 is 19.0 Å². The molecule has 5 heteroatoms. The van der Waals surface area contributed by atoms with E-state index in [4.69, 9.17) is 14.2 Å². The molecule has 1 amide bonds. The van der Waals surface area contributed by atoms with Gasteiger partial charge in [-0.1, -0.05) is 24.3 Å². The zero-order chi connectivity index (χ0) is 18.9. The third-order valence-electron chi connectivity index (χ3n) is 3.84. The Kier molecular flexibility index (Phi) is 7.33. The molecule has 0 bridgehead atoms. The number of para-hydroxylation sites is 1. The second-order valence-corrected chi connectivity index (χ2v) is 5.89. The first-order chi connectivity index (χ1) is 12.5. The van der Waals surface area contributed by atoms with Crippen LogP contribution in [0.25, 0.3) is 0 Å². The number of amides is 1. The number of carbonyl (C=O) groups excluding carboxylic acids is 1. The number of aryl methyl sites for hydroxylation is 1. The van der Waals surface area contributed by atoms with E-state index in [1.165, 1.54) is 0 Å².